The zero-order chi connectivity index (χ0) is 13.3. The van der Waals surface area contributed by atoms with Crippen molar-refractivity contribution < 1.29 is 4.92 Å². The molecule has 7 nitrogen and oxygen atoms in total. The van der Waals surface area contributed by atoms with Gasteiger partial charge in [0.15, 0.2) is 0 Å². The van der Waals surface area contributed by atoms with Gasteiger partial charge in [-0.1, -0.05) is 0 Å². The lowest BCUT2D eigenvalue weighted by Crippen LogP contribution is -2.33. The van der Waals surface area contributed by atoms with Crippen LogP contribution in [-0.2, 0) is 7.05 Å². The summed E-state index contributed by atoms with van der Waals surface area (Å²) < 4.78 is 1.73. The van der Waals surface area contributed by atoms with Gasteiger partial charge in [0.05, 0.1) is 0 Å². The number of nitrogens with zero attached hydrogens (tertiary/aromatic N) is 3. The molecule has 0 bridgehead atoms. The summed E-state index contributed by atoms with van der Waals surface area (Å²) in [5.41, 5.74) is 5.85. The van der Waals surface area contributed by atoms with Crippen LogP contribution in [0.3, 0.4) is 0 Å². The van der Waals surface area contributed by atoms with E-state index in [0.29, 0.717) is 11.6 Å². The van der Waals surface area contributed by atoms with Crippen molar-refractivity contribution in [3.05, 3.63) is 15.9 Å². The van der Waals surface area contributed by atoms with E-state index < -0.39 is 4.92 Å². The minimum Gasteiger partial charge on any atom is -0.362 e. The summed E-state index contributed by atoms with van der Waals surface area (Å²) in [5.74, 6) is 1.04. The van der Waals surface area contributed by atoms with Gasteiger partial charge in [-0.25, -0.2) is 0 Å². The molecule has 18 heavy (non-hydrogen) atoms. The second-order valence-corrected chi connectivity index (χ2v) is 4.90. The summed E-state index contributed by atoms with van der Waals surface area (Å²) in [4.78, 5) is 14.5. The predicted molar refractivity (Wildman–Crippen MR) is 68.5 cm³/mol. The second-order valence-electron chi connectivity index (χ2n) is 4.90. The number of nitro groups is 1. The Labute approximate surface area is 106 Å². The highest BCUT2D eigenvalue weighted by molar-refractivity contribution is 5.54. The first kappa shape index (κ1) is 12.8. The lowest BCUT2D eigenvalue weighted by atomic mass is 9.92. The van der Waals surface area contributed by atoms with Gasteiger partial charge in [-0.05, 0) is 35.6 Å². The minimum absolute atomic E-state index is 0.0927. The van der Waals surface area contributed by atoms with E-state index in [2.05, 4.69) is 10.3 Å². The SMILES string of the molecule is Cc1nc([N+](=O)[O-])c(NC2CCC(N)CC2)n1C. The highest BCUT2D eigenvalue weighted by Gasteiger charge is 2.27. The molecule has 7 heteroatoms. The topological polar surface area (TPSA) is 99.0 Å². The molecule has 2 rings (SSSR count). The van der Waals surface area contributed by atoms with Crippen molar-refractivity contribution in [2.24, 2.45) is 12.8 Å². The Morgan fingerprint density at radius 3 is 2.61 bits per heavy atom. The largest absolute Gasteiger partial charge is 0.406 e. The Morgan fingerprint density at radius 1 is 1.44 bits per heavy atom. The van der Waals surface area contributed by atoms with Crippen LogP contribution in [0.4, 0.5) is 11.6 Å². The summed E-state index contributed by atoms with van der Waals surface area (Å²) in [6, 6.07) is 0.518. The van der Waals surface area contributed by atoms with Crippen molar-refractivity contribution in [2.75, 3.05) is 5.32 Å². The molecule has 0 spiro atoms. The summed E-state index contributed by atoms with van der Waals surface area (Å²) in [5, 5.41) is 14.2. The van der Waals surface area contributed by atoms with Crippen LogP contribution < -0.4 is 11.1 Å². The van der Waals surface area contributed by atoms with Crippen LogP contribution in [0.1, 0.15) is 31.5 Å². The van der Waals surface area contributed by atoms with Gasteiger partial charge in [-0.2, -0.15) is 0 Å². The van der Waals surface area contributed by atoms with Gasteiger partial charge in [0.2, 0.25) is 11.6 Å². The molecule has 0 atom stereocenters. The Morgan fingerprint density at radius 2 is 2.06 bits per heavy atom. The van der Waals surface area contributed by atoms with Crippen LogP contribution in [-0.4, -0.2) is 26.6 Å². The van der Waals surface area contributed by atoms with E-state index in [0.717, 1.165) is 25.7 Å². The predicted octanol–water partition coefficient (Wildman–Crippen LogP) is 1.32. The van der Waals surface area contributed by atoms with Crippen LogP contribution in [0.2, 0.25) is 0 Å². The molecule has 1 heterocycles. The number of nitrogens with one attached hydrogen (secondary N) is 1. The number of hydrogen-bond acceptors (Lipinski definition) is 5. The molecule has 0 saturated heterocycles. The normalized spacial score (nSPS) is 23.9. The van der Waals surface area contributed by atoms with E-state index in [1.165, 1.54) is 0 Å². The molecule has 0 amide bonds. The van der Waals surface area contributed by atoms with E-state index in [1.54, 1.807) is 18.5 Å². The van der Waals surface area contributed by atoms with Crippen molar-refractivity contribution in [3.63, 3.8) is 0 Å². The van der Waals surface area contributed by atoms with Crippen LogP contribution >= 0.6 is 0 Å². The molecule has 3 N–H and O–H groups in total. The average Bonchev–Trinajstić information content (AvgIpc) is 2.60. The fraction of sp³-hybridized carbons (Fsp3) is 0.727. The van der Waals surface area contributed by atoms with Crippen LogP contribution in [0.15, 0.2) is 0 Å². The van der Waals surface area contributed by atoms with Gasteiger partial charge in [0.25, 0.3) is 0 Å². The molecule has 1 saturated carbocycles. The fourth-order valence-electron chi connectivity index (χ4n) is 2.34. The molecule has 1 fully saturated rings. The molecule has 100 valence electrons. The van der Waals surface area contributed by atoms with Gasteiger partial charge in [0.1, 0.15) is 0 Å². The Hall–Kier alpha value is -1.63. The van der Waals surface area contributed by atoms with Crippen molar-refractivity contribution in [2.45, 2.75) is 44.7 Å². The molecular weight excluding hydrogens is 234 g/mol. The number of aryl methyl sites for hydroxylation is 1. The number of anilines is 1. The first-order chi connectivity index (χ1) is 8.49. The number of nitrogens with two attached hydrogens (primary N) is 1. The smallest absolute Gasteiger partial charge is 0.362 e. The zero-order valence-electron chi connectivity index (χ0n) is 10.7. The van der Waals surface area contributed by atoms with Crippen molar-refractivity contribution >= 4 is 11.6 Å². The van der Waals surface area contributed by atoms with E-state index in [9.17, 15) is 10.1 Å². The van der Waals surface area contributed by atoms with Crippen molar-refractivity contribution in [1.29, 1.82) is 0 Å². The van der Waals surface area contributed by atoms with Crippen LogP contribution in [0.25, 0.3) is 0 Å². The monoisotopic (exact) mass is 253 g/mol. The molecule has 1 aromatic heterocycles. The van der Waals surface area contributed by atoms with Crippen molar-refractivity contribution in [1.82, 2.24) is 9.55 Å². The molecule has 1 aromatic rings. The van der Waals surface area contributed by atoms with Crippen LogP contribution in [0, 0.1) is 17.0 Å². The van der Waals surface area contributed by atoms with Gasteiger partial charge in [-0.3, -0.25) is 4.57 Å². The van der Waals surface area contributed by atoms with Crippen molar-refractivity contribution in [3.8, 4) is 0 Å². The lowest BCUT2D eigenvalue weighted by molar-refractivity contribution is -0.388. The fourth-order valence-corrected chi connectivity index (χ4v) is 2.34. The molecule has 0 aliphatic heterocycles. The Balaban J connectivity index is 2.15. The summed E-state index contributed by atoms with van der Waals surface area (Å²) in [6.07, 6.45) is 3.82. The third-order valence-electron chi connectivity index (χ3n) is 3.59. The molecule has 0 aromatic carbocycles. The molecule has 1 aliphatic carbocycles. The van der Waals surface area contributed by atoms with E-state index in [1.807, 2.05) is 0 Å². The highest BCUT2D eigenvalue weighted by atomic mass is 16.6. The van der Waals surface area contributed by atoms with Gasteiger partial charge in [-0.15, -0.1) is 0 Å². The third kappa shape index (κ3) is 2.45. The van der Waals surface area contributed by atoms with Gasteiger partial charge < -0.3 is 21.2 Å². The number of aromatic nitrogens is 2. The summed E-state index contributed by atoms with van der Waals surface area (Å²) in [6.45, 7) is 1.76. The Bertz CT molecular complexity index is 449. The molecule has 0 radical (unpaired) electrons. The van der Waals surface area contributed by atoms with Crippen LogP contribution in [0.5, 0.6) is 0 Å². The highest BCUT2D eigenvalue weighted by Crippen LogP contribution is 2.27. The van der Waals surface area contributed by atoms with E-state index in [4.69, 9.17) is 5.73 Å². The number of hydrogen-bond donors (Lipinski definition) is 2. The summed E-state index contributed by atoms with van der Waals surface area (Å²) in [7, 11) is 1.78. The maximum Gasteiger partial charge on any atom is 0.406 e. The quantitative estimate of drug-likeness (QED) is 0.625. The zero-order valence-corrected chi connectivity index (χ0v) is 10.7. The number of imidazole rings is 1. The first-order valence-electron chi connectivity index (χ1n) is 6.19. The molecule has 0 unspecified atom stereocenters. The lowest BCUT2D eigenvalue weighted by Gasteiger charge is -2.27. The first-order valence-corrected chi connectivity index (χ1v) is 6.19. The average molecular weight is 253 g/mol. The third-order valence-corrected chi connectivity index (χ3v) is 3.59. The number of rotatable bonds is 3. The van der Waals surface area contributed by atoms with E-state index in [-0.39, 0.29) is 17.9 Å². The van der Waals surface area contributed by atoms with Gasteiger partial charge in [0, 0.05) is 26.1 Å². The maximum absolute atomic E-state index is 11.0. The Kier molecular flexibility index (Phi) is 3.51. The maximum atomic E-state index is 11.0. The molecule has 1 aliphatic rings. The summed E-state index contributed by atoms with van der Waals surface area (Å²) >= 11 is 0. The second kappa shape index (κ2) is 4.93. The molecular formula is C11H19N5O2. The van der Waals surface area contributed by atoms with Gasteiger partial charge >= 0.3 is 5.82 Å². The minimum atomic E-state index is -0.441. The standard InChI is InChI=1S/C11H19N5O2/c1-7-13-11(16(17)18)10(15(7)2)14-9-5-3-8(12)4-6-9/h8-9,14H,3-6,12H2,1-2H3. The van der Waals surface area contributed by atoms with E-state index >= 15 is 0 Å².